The molecule has 1 nitrogen and oxygen atoms in total. The van der Waals surface area contributed by atoms with Crippen molar-refractivity contribution in [3.63, 3.8) is 0 Å². The molecule has 0 amide bonds. The Labute approximate surface area is 44.6 Å². The van der Waals surface area contributed by atoms with Gasteiger partial charge in [0.15, 0.2) is 5.13 Å². The molecular weight excluding hydrogens is 113 g/mol. The first-order valence-electron chi connectivity index (χ1n) is 1.78. The molecule has 38 valence electrons. The summed E-state index contributed by atoms with van der Waals surface area (Å²) in [5.41, 5.74) is 5.65. The highest BCUT2D eigenvalue weighted by Gasteiger charge is 1.89. The van der Waals surface area contributed by atoms with Gasteiger partial charge in [0.1, 0.15) is 0 Å². The molecule has 1 rings (SSSR count). The third-order valence-electron chi connectivity index (χ3n) is 0.588. The predicted octanol–water partition coefficient (Wildman–Crippen LogP) is 1.47. The SMILES string of the molecule is Nc1csc(F)c1. The van der Waals surface area contributed by atoms with Crippen LogP contribution in [0.5, 0.6) is 0 Å². The normalized spacial score (nSPS) is 9.29. The molecule has 0 unspecified atom stereocenters. The van der Waals surface area contributed by atoms with Crippen LogP contribution in [0.15, 0.2) is 11.4 Å². The molecule has 0 radical (unpaired) electrons. The molecule has 0 spiro atoms. The molecule has 1 aromatic heterocycles. The number of thiophene rings is 1. The summed E-state index contributed by atoms with van der Waals surface area (Å²) in [7, 11) is 0. The van der Waals surface area contributed by atoms with Crippen molar-refractivity contribution in [2.75, 3.05) is 5.73 Å². The summed E-state index contributed by atoms with van der Waals surface area (Å²) in [5.74, 6) is 0. The third kappa shape index (κ3) is 0.899. The minimum Gasteiger partial charge on any atom is -0.398 e. The standard InChI is InChI=1S/C4H4FNS/c5-4-1-3(6)2-7-4/h1-2H,6H2. The maximum Gasteiger partial charge on any atom is 0.178 e. The lowest BCUT2D eigenvalue weighted by Crippen LogP contribution is -1.75. The number of rotatable bonds is 0. The summed E-state index contributed by atoms with van der Waals surface area (Å²) in [6, 6.07) is 1.30. The number of nitrogens with two attached hydrogens (primary N) is 1. The molecule has 0 aliphatic rings. The van der Waals surface area contributed by atoms with Crippen molar-refractivity contribution in [2.24, 2.45) is 0 Å². The number of anilines is 1. The van der Waals surface area contributed by atoms with Gasteiger partial charge in [-0.25, -0.2) is 0 Å². The molecule has 7 heavy (non-hydrogen) atoms. The quantitative estimate of drug-likeness (QED) is 0.547. The maximum absolute atomic E-state index is 11.9. The largest absolute Gasteiger partial charge is 0.398 e. The summed E-state index contributed by atoms with van der Waals surface area (Å²) in [6.45, 7) is 0. The number of hydrogen-bond donors (Lipinski definition) is 1. The molecule has 0 saturated carbocycles. The topological polar surface area (TPSA) is 26.0 Å². The molecule has 0 saturated heterocycles. The van der Waals surface area contributed by atoms with Crippen molar-refractivity contribution < 1.29 is 4.39 Å². The summed E-state index contributed by atoms with van der Waals surface area (Å²) in [4.78, 5) is 0. The second-order valence-corrected chi connectivity index (χ2v) is 2.05. The Morgan fingerprint density at radius 2 is 2.43 bits per heavy atom. The molecule has 0 aliphatic carbocycles. The Balaban J connectivity index is 3.04. The molecule has 0 atom stereocenters. The van der Waals surface area contributed by atoms with Gasteiger partial charge < -0.3 is 5.73 Å². The van der Waals surface area contributed by atoms with Gasteiger partial charge in [-0.1, -0.05) is 0 Å². The zero-order valence-electron chi connectivity index (χ0n) is 3.52. The van der Waals surface area contributed by atoms with Crippen molar-refractivity contribution in [2.45, 2.75) is 0 Å². The summed E-state index contributed by atoms with van der Waals surface area (Å²) in [5, 5.41) is 1.34. The van der Waals surface area contributed by atoms with Gasteiger partial charge in [0.2, 0.25) is 0 Å². The second-order valence-electron chi connectivity index (χ2n) is 1.18. The van der Waals surface area contributed by atoms with E-state index in [1.54, 1.807) is 5.38 Å². The first kappa shape index (κ1) is 4.59. The van der Waals surface area contributed by atoms with E-state index in [9.17, 15) is 4.39 Å². The zero-order chi connectivity index (χ0) is 5.28. The molecule has 0 aromatic carbocycles. The molecular formula is C4H4FNS. The van der Waals surface area contributed by atoms with E-state index < -0.39 is 0 Å². The van der Waals surface area contributed by atoms with Crippen molar-refractivity contribution in [3.8, 4) is 0 Å². The van der Waals surface area contributed by atoms with Crippen LogP contribution in [0, 0.1) is 5.13 Å². The van der Waals surface area contributed by atoms with Crippen LogP contribution in [0.4, 0.5) is 10.1 Å². The smallest absolute Gasteiger partial charge is 0.178 e. The number of hydrogen-bond acceptors (Lipinski definition) is 2. The second kappa shape index (κ2) is 1.50. The van der Waals surface area contributed by atoms with E-state index in [1.807, 2.05) is 0 Å². The first-order valence-corrected chi connectivity index (χ1v) is 2.66. The number of nitrogen functional groups attached to an aromatic ring is 1. The highest BCUT2D eigenvalue weighted by molar-refractivity contribution is 7.08. The number of halogens is 1. The monoisotopic (exact) mass is 117 g/mol. The van der Waals surface area contributed by atoms with Crippen LogP contribution < -0.4 is 5.73 Å². The maximum atomic E-state index is 11.9. The average molecular weight is 117 g/mol. The van der Waals surface area contributed by atoms with Gasteiger partial charge in [-0.3, -0.25) is 0 Å². The summed E-state index contributed by atoms with van der Waals surface area (Å²) in [6.07, 6.45) is 0. The summed E-state index contributed by atoms with van der Waals surface area (Å²) >= 11 is 1.01. The highest BCUT2D eigenvalue weighted by Crippen LogP contribution is 2.12. The van der Waals surface area contributed by atoms with Crippen molar-refractivity contribution >= 4 is 17.0 Å². The fraction of sp³-hybridized carbons (Fsp3) is 0. The Morgan fingerprint density at radius 1 is 1.71 bits per heavy atom. The molecule has 0 bridgehead atoms. The van der Waals surface area contributed by atoms with E-state index in [2.05, 4.69) is 0 Å². The fourth-order valence-corrected chi connectivity index (χ4v) is 0.844. The molecule has 3 heteroatoms. The van der Waals surface area contributed by atoms with Crippen LogP contribution in [-0.4, -0.2) is 0 Å². The van der Waals surface area contributed by atoms with Crippen LogP contribution in [-0.2, 0) is 0 Å². The van der Waals surface area contributed by atoms with Crippen LogP contribution >= 0.6 is 11.3 Å². The minimum atomic E-state index is -0.225. The lowest BCUT2D eigenvalue weighted by molar-refractivity contribution is 0.658. The van der Waals surface area contributed by atoms with Crippen molar-refractivity contribution in [3.05, 3.63) is 16.6 Å². The van der Waals surface area contributed by atoms with Gasteiger partial charge in [-0.05, 0) is 0 Å². The lowest BCUT2D eigenvalue weighted by Gasteiger charge is -1.69. The molecule has 0 aliphatic heterocycles. The van der Waals surface area contributed by atoms with Crippen LogP contribution in [0.1, 0.15) is 0 Å². The van der Waals surface area contributed by atoms with Crippen LogP contribution in [0.3, 0.4) is 0 Å². The van der Waals surface area contributed by atoms with Gasteiger partial charge in [-0.15, -0.1) is 11.3 Å². The van der Waals surface area contributed by atoms with E-state index in [4.69, 9.17) is 5.73 Å². The van der Waals surface area contributed by atoms with Gasteiger partial charge in [0.25, 0.3) is 0 Å². The minimum absolute atomic E-state index is 0.225. The van der Waals surface area contributed by atoms with E-state index in [0.29, 0.717) is 5.69 Å². The fourth-order valence-electron chi connectivity index (χ4n) is 0.323. The van der Waals surface area contributed by atoms with Crippen LogP contribution in [0.2, 0.25) is 0 Å². The van der Waals surface area contributed by atoms with E-state index in [0.717, 1.165) is 11.3 Å². The Kier molecular flexibility index (Phi) is 0.982. The Morgan fingerprint density at radius 3 is 2.57 bits per heavy atom. The van der Waals surface area contributed by atoms with E-state index in [-0.39, 0.29) is 5.13 Å². The highest BCUT2D eigenvalue weighted by atomic mass is 32.1. The molecule has 1 aromatic rings. The average Bonchev–Trinajstić information content (AvgIpc) is 1.87. The summed E-state index contributed by atoms with van der Waals surface area (Å²) < 4.78 is 11.9. The molecule has 1 heterocycles. The first-order chi connectivity index (χ1) is 3.29. The third-order valence-corrected chi connectivity index (χ3v) is 1.32. The Bertz CT molecular complexity index is 144. The van der Waals surface area contributed by atoms with Crippen molar-refractivity contribution in [1.29, 1.82) is 0 Å². The van der Waals surface area contributed by atoms with E-state index in [1.165, 1.54) is 6.07 Å². The van der Waals surface area contributed by atoms with Gasteiger partial charge in [0, 0.05) is 17.1 Å². The van der Waals surface area contributed by atoms with Crippen LogP contribution in [0.25, 0.3) is 0 Å². The van der Waals surface area contributed by atoms with Gasteiger partial charge in [0.05, 0.1) is 0 Å². The van der Waals surface area contributed by atoms with Crippen molar-refractivity contribution in [1.82, 2.24) is 0 Å². The van der Waals surface area contributed by atoms with Gasteiger partial charge in [-0.2, -0.15) is 4.39 Å². The van der Waals surface area contributed by atoms with Gasteiger partial charge >= 0.3 is 0 Å². The lowest BCUT2D eigenvalue weighted by atomic mass is 10.6. The predicted molar refractivity (Wildman–Crippen MR) is 28.7 cm³/mol. The molecule has 0 fully saturated rings. The van der Waals surface area contributed by atoms with E-state index >= 15 is 0 Å². The zero-order valence-corrected chi connectivity index (χ0v) is 4.33. The molecule has 2 N–H and O–H groups in total. The Hall–Kier alpha value is -0.570.